The number of rotatable bonds is 4. The lowest BCUT2D eigenvalue weighted by Gasteiger charge is -2.06. The Labute approximate surface area is 77.3 Å². The number of nitrogens with one attached hydrogen (secondary N) is 1. The fourth-order valence-electron chi connectivity index (χ4n) is 0.765. The molecule has 0 amide bonds. The zero-order valence-electron chi connectivity index (χ0n) is 7.82. The summed E-state index contributed by atoms with van der Waals surface area (Å²) in [5.74, 6) is 1.21. The molecule has 3 N–H and O–H groups in total. The molecule has 0 aliphatic carbocycles. The Morgan fingerprint density at radius 1 is 1.54 bits per heavy atom. The van der Waals surface area contributed by atoms with Crippen LogP contribution in [0.2, 0.25) is 0 Å². The number of aromatic nitrogens is 2. The van der Waals surface area contributed by atoms with Crippen molar-refractivity contribution < 1.29 is 4.74 Å². The highest BCUT2D eigenvalue weighted by atomic mass is 16.5. The summed E-state index contributed by atoms with van der Waals surface area (Å²) in [6, 6.07) is 0.0886. The van der Waals surface area contributed by atoms with Gasteiger partial charge in [-0.2, -0.15) is 0 Å². The van der Waals surface area contributed by atoms with E-state index in [4.69, 9.17) is 10.5 Å². The van der Waals surface area contributed by atoms with Crippen molar-refractivity contribution >= 4 is 5.95 Å². The van der Waals surface area contributed by atoms with Crippen LogP contribution in [0.15, 0.2) is 12.4 Å². The average Bonchev–Trinajstić information content (AvgIpc) is 2.15. The van der Waals surface area contributed by atoms with Crippen molar-refractivity contribution in [2.45, 2.75) is 13.0 Å². The van der Waals surface area contributed by atoms with Crippen LogP contribution < -0.4 is 15.8 Å². The minimum absolute atomic E-state index is 0.0886. The van der Waals surface area contributed by atoms with Crippen LogP contribution in [0.4, 0.5) is 5.95 Å². The van der Waals surface area contributed by atoms with E-state index in [1.807, 2.05) is 6.92 Å². The van der Waals surface area contributed by atoms with Crippen molar-refractivity contribution in [2.24, 2.45) is 5.73 Å². The molecule has 0 aliphatic rings. The number of ether oxygens (including phenoxy) is 1. The zero-order valence-corrected chi connectivity index (χ0v) is 7.82. The second kappa shape index (κ2) is 4.61. The summed E-state index contributed by atoms with van der Waals surface area (Å²) in [5.41, 5.74) is 5.55. The van der Waals surface area contributed by atoms with Crippen molar-refractivity contribution in [3.8, 4) is 5.75 Å². The largest absolute Gasteiger partial charge is 0.494 e. The van der Waals surface area contributed by atoms with Gasteiger partial charge in [-0.25, -0.2) is 9.97 Å². The number of hydrogen-bond acceptors (Lipinski definition) is 5. The molecule has 0 radical (unpaired) electrons. The molecule has 0 saturated carbocycles. The van der Waals surface area contributed by atoms with Crippen LogP contribution in [0.5, 0.6) is 5.75 Å². The van der Waals surface area contributed by atoms with Crippen molar-refractivity contribution in [2.75, 3.05) is 19.0 Å². The molecule has 1 heterocycles. The quantitative estimate of drug-likeness (QED) is 0.698. The Balaban J connectivity index is 2.49. The highest BCUT2D eigenvalue weighted by molar-refractivity contribution is 5.26. The predicted molar refractivity (Wildman–Crippen MR) is 50.7 cm³/mol. The van der Waals surface area contributed by atoms with Gasteiger partial charge >= 0.3 is 0 Å². The van der Waals surface area contributed by atoms with Crippen LogP contribution in [0.25, 0.3) is 0 Å². The third kappa shape index (κ3) is 3.25. The van der Waals surface area contributed by atoms with Gasteiger partial charge in [-0.3, -0.25) is 0 Å². The zero-order chi connectivity index (χ0) is 9.68. The van der Waals surface area contributed by atoms with Gasteiger partial charge in [-0.15, -0.1) is 0 Å². The van der Waals surface area contributed by atoms with Gasteiger partial charge in [-0.1, -0.05) is 0 Å². The molecule has 0 fully saturated rings. The summed E-state index contributed by atoms with van der Waals surface area (Å²) >= 11 is 0. The van der Waals surface area contributed by atoms with Crippen LogP contribution in [0.1, 0.15) is 6.92 Å². The average molecular weight is 182 g/mol. The SMILES string of the molecule is COc1cnc(NCC(C)N)nc1. The van der Waals surface area contributed by atoms with Crippen LogP contribution in [-0.4, -0.2) is 29.7 Å². The van der Waals surface area contributed by atoms with E-state index in [1.54, 1.807) is 19.5 Å². The van der Waals surface area contributed by atoms with E-state index < -0.39 is 0 Å². The molecule has 5 nitrogen and oxygen atoms in total. The van der Waals surface area contributed by atoms with Gasteiger partial charge in [0.15, 0.2) is 5.75 Å². The van der Waals surface area contributed by atoms with Gasteiger partial charge < -0.3 is 15.8 Å². The molecule has 0 bridgehead atoms. The standard InChI is InChI=1S/C8H14N4O/c1-6(9)3-10-8-11-4-7(13-2)5-12-8/h4-6H,3,9H2,1-2H3,(H,10,11,12). The van der Waals surface area contributed by atoms with E-state index in [0.717, 1.165) is 0 Å². The van der Waals surface area contributed by atoms with Gasteiger partial charge in [-0.05, 0) is 6.92 Å². The monoisotopic (exact) mass is 182 g/mol. The Kier molecular flexibility index (Phi) is 3.45. The number of methoxy groups -OCH3 is 1. The highest BCUT2D eigenvalue weighted by Gasteiger charge is 1.97. The summed E-state index contributed by atoms with van der Waals surface area (Å²) in [7, 11) is 1.58. The molecular weight excluding hydrogens is 168 g/mol. The van der Waals surface area contributed by atoms with E-state index in [1.165, 1.54) is 0 Å². The molecule has 1 atom stereocenters. The molecule has 0 aliphatic heterocycles. The van der Waals surface area contributed by atoms with E-state index in [9.17, 15) is 0 Å². The maximum absolute atomic E-state index is 5.55. The van der Waals surface area contributed by atoms with Gasteiger partial charge in [0, 0.05) is 12.6 Å². The first-order valence-corrected chi connectivity index (χ1v) is 4.08. The van der Waals surface area contributed by atoms with Crippen LogP contribution in [0.3, 0.4) is 0 Å². The lowest BCUT2D eigenvalue weighted by molar-refractivity contribution is 0.411. The van der Waals surface area contributed by atoms with Crippen LogP contribution in [-0.2, 0) is 0 Å². The van der Waals surface area contributed by atoms with Crippen molar-refractivity contribution in [3.05, 3.63) is 12.4 Å². The Bertz CT molecular complexity index is 247. The Morgan fingerprint density at radius 3 is 2.62 bits per heavy atom. The molecule has 1 rings (SSSR count). The topological polar surface area (TPSA) is 73.1 Å². The van der Waals surface area contributed by atoms with Gasteiger partial charge in [0.1, 0.15) is 0 Å². The van der Waals surface area contributed by atoms with E-state index >= 15 is 0 Å². The first-order chi connectivity index (χ1) is 6.22. The summed E-state index contributed by atoms with van der Waals surface area (Å²) < 4.78 is 4.92. The Morgan fingerprint density at radius 2 is 2.15 bits per heavy atom. The number of nitrogens with two attached hydrogens (primary N) is 1. The normalized spacial score (nSPS) is 12.2. The third-order valence-electron chi connectivity index (χ3n) is 1.45. The van der Waals surface area contributed by atoms with E-state index in [2.05, 4.69) is 15.3 Å². The highest BCUT2D eigenvalue weighted by Crippen LogP contribution is 2.06. The number of nitrogens with zero attached hydrogens (tertiary/aromatic N) is 2. The molecule has 13 heavy (non-hydrogen) atoms. The van der Waals surface area contributed by atoms with Gasteiger partial charge in [0.2, 0.25) is 5.95 Å². The minimum atomic E-state index is 0.0886. The molecule has 0 aromatic carbocycles. The lowest BCUT2D eigenvalue weighted by Crippen LogP contribution is -2.25. The first-order valence-electron chi connectivity index (χ1n) is 4.08. The third-order valence-corrected chi connectivity index (χ3v) is 1.45. The molecule has 0 spiro atoms. The smallest absolute Gasteiger partial charge is 0.222 e. The summed E-state index contributed by atoms with van der Waals surface area (Å²) in [6.45, 7) is 2.57. The molecule has 1 aromatic heterocycles. The fourth-order valence-corrected chi connectivity index (χ4v) is 0.765. The molecule has 5 heteroatoms. The van der Waals surface area contributed by atoms with Crippen molar-refractivity contribution in [3.63, 3.8) is 0 Å². The van der Waals surface area contributed by atoms with E-state index in [-0.39, 0.29) is 6.04 Å². The maximum Gasteiger partial charge on any atom is 0.222 e. The summed E-state index contributed by atoms with van der Waals surface area (Å²) in [6.07, 6.45) is 3.22. The Hall–Kier alpha value is -1.36. The summed E-state index contributed by atoms with van der Waals surface area (Å²) in [4.78, 5) is 8.04. The molecular formula is C8H14N4O. The first kappa shape index (κ1) is 9.73. The molecule has 72 valence electrons. The van der Waals surface area contributed by atoms with Crippen molar-refractivity contribution in [1.82, 2.24) is 9.97 Å². The van der Waals surface area contributed by atoms with Crippen LogP contribution in [0, 0.1) is 0 Å². The van der Waals surface area contributed by atoms with Crippen LogP contribution >= 0.6 is 0 Å². The lowest BCUT2D eigenvalue weighted by atomic mass is 10.4. The van der Waals surface area contributed by atoms with Crippen molar-refractivity contribution in [1.29, 1.82) is 0 Å². The number of anilines is 1. The number of hydrogen-bond donors (Lipinski definition) is 2. The second-order valence-electron chi connectivity index (χ2n) is 2.80. The maximum atomic E-state index is 5.55. The predicted octanol–water partition coefficient (Wildman–Crippen LogP) is 0.244. The molecule has 0 saturated heterocycles. The van der Waals surface area contributed by atoms with Gasteiger partial charge in [0.25, 0.3) is 0 Å². The summed E-state index contributed by atoms with van der Waals surface area (Å²) in [5, 5.41) is 2.99. The second-order valence-corrected chi connectivity index (χ2v) is 2.80. The minimum Gasteiger partial charge on any atom is -0.494 e. The fraction of sp³-hybridized carbons (Fsp3) is 0.500. The van der Waals surface area contributed by atoms with E-state index in [0.29, 0.717) is 18.2 Å². The molecule has 1 aromatic rings. The molecule has 1 unspecified atom stereocenters. The van der Waals surface area contributed by atoms with Gasteiger partial charge in [0.05, 0.1) is 19.5 Å².